The van der Waals surface area contributed by atoms with Crippen molar-refractivity contribution in [3.8, 4) is 0 Å². The van der Waals surface area contributed by atoms with E-state index in [0.29, 0.717) is 24.8 Å². The third-order valence-electron chi connectivity index (χ3n) is 3.47. The van der Waals surface area contributed by atoms with Crippen LogP contribution in [0, 0.1) is 0 Å². The largest absolute Gasteiger partial charge is 0.395 e. The number of carbonyl (C=O) groups excluding carboxylic acids is 1. The number of aliphatic hydroxyl groups is 1. The summed E-state index contributed by atoms with van der Waals surface area (Å²) in [6.07, 6.45) is 6.54. The molecule has 0 bridgehead atoms. The Labute approximate surface area is 102 Å². The average Bonchev–Trinajstić information content (AvgIpc) is 3.01. The fourth-order valence-corrected chi connectivity index (χ4v) is 2.56. The van der Waals surface area contributed by atoms with Crippen molar-refractivity contribution in [2.45, 2.75) is 31.7 Å². The molecule has 0 amide bonds. The molecular weight excluding hydrogens is 216 g/mol. The average molecular weight is 236 g/mol. The van der Waals surface area contributed by atoms with Crippen molar-refractivity contribution in [3.63, 3.8) is 0 Å². The van der Waals surface area contributed by atoms with Crippen LogP contribution >= 0.6 is 0 Å². The van der Waals surface area contributed by atoms with Crippen LogP contribution in [0.4, 0.5) is 0 Å². The molecule has 0 saturated heterocycles. The summed E-state index contributed by atoms with van der Waals surface area (Å²) in [6, 6.07) is 4.11. The molecule has 1 aliphatic rings. The van der Waals surface area contributed by atoms with Crippen molar-refractivity contribution in [3.05, 3.63) is 24.0 Å². The zero-order valence-corrected chi connectivity index (χ0v) is 10.1. The number of nitrogens with zero attached hydrogens (tertiary/aromatic N) is 1. The van der Waals surface area contributed by atoms with Crippen LogP contribution in [0.1, 0.15) is 36.2 Å². The molecule has 4 heteroatoms. The molecule has 1 aromatic heterocycles. The van der Waals surface area contributed by atoms with E-state index in [4.69, 9.17) is 5.11 Å². The molecule has 1 aromatic rings. The van der Waals surface area contributed by atoms with Crippen molar-refractivity contribution in [2.75, 3.05) is 19.7 Å². The summed E-state index contributed by atoms with van der Waals surface area (Å²) in [5.41, 5.74) is 0.658. The molecule has 0 aliphatic heterocycles. The van der Waals surface area contributed by atoms with Crippen LogP contribution in [0.15, 0.2) is 18.3 Å². The first-order chi connectivity index (χ1) is 8.31. The maximum Gasteiger partial charge on any atom is 0.192 e. The lowest BCUT2D eigenvalue weighted by Crippen LogP contribution is -2.39. The van der Waals surface area contributed by atoms with Gasteiger partial charge in [-0.1, -0.05) is 12.8 Å². The Kier molecular flexibility index (Phi) is 4.34. The predicted molar refractivity (Wildman–Crippen MR) is 66.0 cm³/mol. The molecule has 2 rings (SSSR count). The highest BCUT2D eigenvalue weighted by atomic mass is 16.3. The van der Waals surface area contributed by atoms with E-state index in [2.05, 4.69) is 9.88 Å². The van der Waals surface area contributed by atoms with Crippen molar-refractivity contribution in [1.82, 2.24) is 9.88 Å². The lowest BCUT2D eigenvalue weighted by Gasteiger charge is -2.27. The van der Waals surface area contributed by atoms with Gasteiger partial charge in [0.05, 0.1) is 18.8 Å². The number of H-pyrrole nitrogens is 1. The summed E-state index contributed by atoms with van der Waals surface area (Å²) in [5.74, 6) is 0.107. The van der Waals surface area contributed by atoms with Gasteiger partial charge in [0.25, 0.3) is 0 Å². The second-order valence-corrected chi connectivity index (χ2v) is 4.64. The topological polar surface area (TPSA) is 56.3 Å². The van der Waals surface area contributed by atoms with Crippen LogP contribution < -0.4 is 0 Å². The molecule has 1 aliphatic carbocycles. The maximum atomic E-state index is 12.0. The molecule has 1 heterocycles. The Bertz CT molecular complexity index is 342. The number of nitrogens with one attached hydrogen (secondary N) is 1. The maximum absolute atomic E-state index is 12.0. The molecule has 0 atom stereocenters. The van der Waals surface area contributed by atoms with Gasteiger partial charge in [-0.05, 0) is 25.0 Å². The van der Waals surface area contributed by atoms with E-state index >= 15 is 0 Å². The van der Waals surface area contributed by atoms with Gasteiger partial charge in [0, 0.05) is 18.8 Å². The summed E-state index contributed by atoms with van der Waals surface area (Å²) in [6.45, 7) is 1.12. The van der Waals surface area contributed by atoms with E-state index in [1.807, 2.05) is 6.07 Å². The zero-order valence-electron chi connectivity index (χ0n) is 10.1. The van der Waals surface area contributed by atoms with Gasteiger partial charge in [0.15, 0.2) is 5.78 Å². The summed E-state index contributed by atoms with van der Waals surface area (Å²) < 4.78 is 0. The second-order valence-electron chi connectivity index (χ2n) is 4.64. The Morgan fingerprint density at radius 2 is 2.24 bits per heavy atom. The van der Waals surface area contributed by atoms with Crippen LogP contribution in [0.2, 0.25) is 0 Å². The van der Waals surface area contributed by atoms with Gasteiger partial charge in [-0.15, -0.1) is 0 Å². The molecule has 4 nitrogen and oxygen atoms in total. The molecule has 1 saturated carbocycles. The fourth-order valence-electron chi connectivity index (χ4n) is 2.56. The normalized spacial score (nSPS) is 16.8. The van der Waals surface area contributed by atoms with E-state index in [1.54, 1.807) is 12.3 Å². The van der Waals surface area contributed by atoms with Crippen LogP contribution in [0.25, 0.3) is 0 Å². The van der Waals surface area contributed by atoms with Crippen LogP contribution in [-0.2, 0) is 0 Å². The fraction of sp³-hybridized carbons (Fsp3) is 0.615. The first-order valence-corrected chi connectivity index (χ1v) is 6.33. The second kappa shape index (κ2) is 5.98. The molecule has 1 fully saturated rings. The molecule has 17 heavy (non-hydrogen) atoms. The van der Waals surface area contributed by atoms with Gasteiger partial charge in [-0.25, -0.2) is 0 Å². The number of aliphatic hydroxyl groups excluding tert-OH is 1. The van der Waals surface area contributed by atoms with Crippen LogP contribution in [-0.4, -0.2) is 46.5 Å². The number of rotatable bonds is 6. The summed E-state index contributed by atoms with van der Waals surface area (Å²) in [7, 11) is 0. The Hall–Kier alpha value is -1.13. The number of carbonyl (C=O) groups is 1. The molecule has 0 unspecified atom stereocenters. The number of aromatic amines is 1. The molecule has 2 N–H and O–H groups in total. The van der Waals surface area contributed by atoms with Gasteiger partial charge >= 0.3 is 0 Å². The first-order valence-electron chi connectivity index (χ1n) is 6.33. The van der Waals surface area contributed by atoms with Crippen LogP contribution in [0.5, 0.6) is 0 Å². The quantitative estimate of drug-likeness (QED) is 0.735. The van der Waals surface area contributed by atoms with Crippen molar-refractivity contribution in [2.24, 2.45) is 0 Å². The predicted octanol–water partition coefficient (Wildman–Crippen LogP) is 1.43. The lowest BCUT2D eigenvalue weighted by atomic mass is 10.2. The number of aromatic nitrogens is 1. The van der Waals surface area contributed by atoms with Crippen LogP contribution in [0.3, 0.4) is 0 Å². The smallest absolute Gasteiger partial charge is 0.192 e. The minimum Gasteiger partial charge on any atom is -0.395 e. The van der Waals surface area contributed by atoms with Gasteiger partial charge < -0.3 is 10.1 Å². The van der Waals surface area contributed by atoms with Gasteiger partial charge in [-0.3, -0.25) is 9.69 Å². The minimum atomic E-state index is 0.107. The Morgan fingerprint density at radius 1 is 1.47 bits per heavy atom. The minimum absolute atomic E-state index is 0.107. The van der Waals surface area contributed by atoms with Crippen molar-refractivity contribution in [1.29, 1.82) is 0 Å². The zero-order chi connectivity index (χ0) is 12.1. The molecule has 0 spiro atoms. The van der Waals surface area contributed by atoms with E-state index in [1.165, 1.54) is 12.8 Å². The number of hydrogen-bond donors (Lipinski definition) is 2. The Balaban J connectivity index is 1.94. The van der Waals surface area contributed by atoms with E-state index in [0.717, 1.165) is 12.8 Å². The highest BCUT2D eigenvalue weighted by Gasteiger charge is 2.24. The monoisotopic (exact) mass is 236 g/mol. The Morgan fingerprint density at radius 3 is 2.82 bits per heavy atom. The third-order valence-corrected chi connectivity index (χ3v) is 3.47. The van der Waals surface area contributed by atoms with E-state index in [9.17, 15) is 4.79 Å². The molecule has 94 valence electrons. The van der Waals surface area contributed by atoms with E-state index in [-0.39, 0.29) is 12.4 Å². The summed E-state index contributed by atoms with van der Waals surface area (Å²) >= 11 is 0. The lowest BCUT2D eigenvalue weighted by molar-refractivity contribution is 0.0858. The molecule has 0 aromatic carbocycles. The van der Waals surface area contributed by atoms with Gasteiger partial charge in [0.2, 0.25) is 0 Å². The first kappa shape index (κ1) is 12.3. The number of Topliss-reactive ketones (excluding diaryl/α,β-unsaturated/α-hetero) is 1. The number of hydrogen-bond acceptors (Lipinski definition) is 3. The number of ketones is 1. The van der Waals surface area contributed by atoms with Crippen molar-refractivity contribution >= 4 is 5.78 Å². The molecule has 0 radical (unpaired) electrons. The highest BCUT2D eigenvalue weighted by Crippen LogP contribution is 2.23. The third kappa shape index (κ3) is 3.17. The summed E-state index contributed by atoms with van der Waals surface area (Å²) in [5, 5.41) is 9.08. The van der Waals surface area contributed by atoms with Gasteiger partial charge in [-0.2, -0.15) is 0 Å². The van der Waals surface area contributed by atoms with E-state index < -0.39 is 0 Å². The van der Waals surface area contributed by atoms with Crippen molar-refractivity contribution < 1.29 is 9.90 Å². The van der Waals surface area contributed by atoms with Gasteiger partial charge in [0.1, 0.15) is 0 Å². The SMILES string of the molecule is O=C(CN(CCO)C1CCCC1)c1ccc[nH]1. The summed E-state index contributed by atoms with van der Waals surface area (Å²) in [4.78, 5) is 17.1. The standard InChI is InChI=1S/C13H20N2O2/c16-9-8-15(11-4-1-2-5-11)10-13(17)12-6-3-7-14-12/h3,6-7,11,14,16H,1-2,4-5,8-10H2. The highest BCUT2D eigenvalue weighted by molar-refractivity contribution is 5.95. The molecular formula is C13H20N2O2.